The molecule has 0 bridgehead atoms. The van der Waals surface area contributed by atoms with Crippen LogP contribution in [0.5, 0.6) is 0 Å². The van der Waals surface area contributed by atoms with Crippen molar-refractivity contribution >= 4 is 15.9 Å². The van der Waals surface area contributed by atoms with Crippen molar-refractivity contribution in [3.63, 3.8) is 0 Å². The number of rotatable bonds is 6. The monoisotopic (exact) mass is 337 g/mol. The molecule has 1 aliphatic rings. The second kappa shape index (κ2) is 8.19. The minimum Gasteiger partial charge on any atom is -0.313 e. The van der Waals surface area contributed by atoms with Crippen molar-refractivity contribution in [2.45, 2.75) is 58.4 Å². The highest BCUT2D eigenvalue weighted by Gasteiger charge is 2.26. The lowest BCUT2D eigenvalue weighted by Gasteiger charge is -2.34. The Bertz CT molecular complexity index is 404. The van der Waals surface area contributed by atoms with Gasteiger partial charge in [-0.25, -0.2) is 0 Å². The van der Waals surface area contributed by atoms with E-state index >= 15 is 0 Å². The summed E-state index contributed by atoms with van der Waals surface area (Å²) in [6.45, 7) is 5.81. The Balaban J connectivity index is 2.04. The van der Waals surface area contributed by atoms with Crippen molar-refractivity contribution in [2.75, 3.05) is 6.54 Å². The Morgan fingerprint density at radius 2 is 2.10 bits per heavy atom. The molecule has 20 heavy (non-hydrogen) atoms. The third kappa shape index (κ3) is 4.60. The van der Waals surface area contributed by atoms with Gasteiger partial charge in [0.2, 0.25) is 0 Å². The van der Waals surface area contributed by atoms with Crippen molar-refractivity contribution in [3.05, 3.63) is 34.3 Å². The van der Waals surface area contributed by atoms with Crippen LogP contribution in [0.1, 0.15) is 51.5 Å². The van der Waals surface area contributed by atoms with E-state index < -0.39 is 0 Å². The lowest BCUT2D eigenvalue weighted by molar-refractivity contribution is 0.221. The van der Waals surface area contributed by atoms with Gasteiger partial charge in [-0.2, -0.15) is 0 Å². The van der Waals surface area contributed by atoms with E-state index in [-0.39, 0.29) is 0 Å². The smallest absolute Gasteiger partial charge is 0.0207 e. The molecular formula is C18H28BrN. The highest BCUT2D eigenvalue weighted by molar-refractivity contribution is 9.10. The Labute approximate surface area is 132 Å². The summed E-state index contributed by atoms with van der Waals surface area (Å²) < 4.78 is 1.26. The number of hydrogen-bond acceptors (Lipinski definition) is 1. The van der Waals surface area contributed by atoms with Crippen molar-refractivity contribution in [1.29, 1.82) is 0 Å². The summed E-state index contributed by atoms with van der Waals surface area (Å²) in [7, 11) is 0. The molecule has 0 amide bonds. The normalized spacial score (nSPS) is 24.6. The van der Waals surface area contributed by atoms with Gasteiger partial charge < -0.3 is 5.32 Å². The molecule has 112 valence electrons. The van der Waals surface area contributed by atoms with Crippen LogP contribution in [-0.4, -0.2) is 12.6 Å². The van der Waals surface area contributed by atoms with Crippen molar-refractivity contribution in [3.8, 4) is 0 Å². The summed E-state index contributed by atoms with van der Waals surface area (Å²) in [6.07, 6.45) is 7.99. The lowest BCUT2D eigenvalue weighted by atomic mass is 9.77. The largest absolute Gasteiger partial charge is 0.313 e. The van der Waals surface area contributed by atoms with Gasteiger partial charge in [0.25, 0.3) is 0 Å². The van der Waals surface area contributed by atoms with Crippen molar-refractivity contribution in [1.82, 2.24) is 5.32 Å². The molecule has 0 saturated heterocycles. The molecule has 1 N–H and O–H groups in total. The molecule has 3 atom stereocenters. The summed E-state index contributed by atoms with van der Waals surface area (Å²) in [5.74, 6) is 1.75. The molecule has 1 nitrogen and oxygen atoms in total. The SMILES string of the molecule is CCCNC(Cc1ccccc1Br)C1CCCC(C)C1. The molecule has 0 aromatic heterocycles. The van der Waals surface area contributed by atoms with Crippen LogP contribution >= 0.6 is 15.9 Å². The van der Waals surface area contributed by atoms with E-state index in [4.69, 9.17) is 0 Å². The molecule has 2 rings (SSSR count). The first-order chi connectivity index (χ1) is 9.70. The third-order valence-electron chi connectivity index (χ3n) is 4.60. The van der Waals surface area contributed by atoms with Crippen LogP contribution in [0.3, 0.4) is 0 Å². The predicted octanol–water partition coefficient (Wildman–Crippen LogP) is 5.19. The predicted molar refractivity (Wildman–Crippen MR) is 91.0 cm³/mol. The quantitative estimate of drug-likeness (QED) is 0.753. The van der Waals surface area contributed by atoms with Gasteiger partial charge in [-0.15, -0.1) is 0 Å². The first-order valence-corrected chi connectivity index (χ1v) is 8.96. The summed E-state index contributed by atoms with van der Waals surface area (Å²) in [5.41, 5.74) is 1.44. The minimum atomic E-state index is 0.636. The number of halogens is 1. The molecule has 0 spiro atoms. The molecule has 2 heteroatoms. The Kier molecular flexibility index (Phi) is 6.57. The Morgan fingerprint density at radius 1 is 1.30 bits per heavy atom. The lowest BCUT2D eigenvalue weighted by Crippen LogP contribution is -2.40. The zero-order valence-electron chi connectivity index (χ0n) is 12.9. The van der Waals surface area contributed by atoms with E-state index in [1.54, 1.807) is 0 Å². The van der Waals surface area contributed by atoms with Crippen LogP contribution in [0.2, 0.25) is 0 Å². The van der Waals surface area contributed by atoms with Gasteiger partial charge in [-0.05, 0) is 55.7 Å². The topological polar surface area (TPSA) is 12.0 Å². The molecule has 1 fully saturated rings. The fraction of sp³-hybridized carbons (Fsp3) is 0.667. The molecule has 0 aliphatic heterocycles. The van der Waals surface area contributed by atoms with E-state index in [0.717, 1.165) is 24.8 Å². The molecule has 3 unspecified atom stereocenters. The van der Waals surface area contributed by atoms with E-state index in [0.29, 0.717) is 6.04 Å². The van der Waals surface area contributed by atoms with E-state index in [9.17, 15) is 0 Å². The summed E-state index contributed by atoms with van der Waals surface area (Å²) in [6, 6.07) is 9.31. The van der Waals surface area contributed by atoms with E-state index in [1.165, 1.54) is 42.1 Å². The second-order valence-electron chi connectivity index (χ2n) is 6.39. The van der Waals surface area contributed by atoms with Crippen LogP contribution in [0, 0.1) is 11.8 Å². The summed E-state index contributed by atoms with van der Waals surface area (Å²) in [5, 5.41) is 3.81. The van der Waals surface area contributed by atoms with Gasteiger partial charge in [0, 0.05) is 10.5 Å². The fourth-order valence-electron chi connectivity index (χ4n) is 3.48. The molecule has 1 aromatic carbocycles. The standard InChI is InChI=1S/C18H28BrN/c1-3-11-20-18(16-9-6-7-14(2)12-16)13-15-8-4-5-10-17(15)19/h4-5,8,10,14,16,18,20H,3,6-7,9,11-13H2,1-2H3. The molecule has 0 radical (unpaired) electrons. The average molecular weight is 338 g/mol. The maximum Gasteiger partial charge on any atom is 0.0207 e. The number of hydrogen-bond donors (Lipinski definition) is 1. The van der Waals surface area contributed by atoms with Crippen LogP contribution in [0.25, 0.3) is 0 Å². The minimum absolute atomic E-state index is 0.636. The zero-order chi connectivity index (χ0) is 14.4. The zero-order valence-corrected chi connectivity index (χ0v) is 14.5. The first kappa shape index (κ1) is 16.0. The molecular weight excluding hydrogens is 310 g/mol. The highest BCUT2D eigenvalue weighted by Crippen LogP contribution is 2.32. The molecule has 0 heterocycles. The van der Waals surface area contributed by atoms with Crippen LogP contribution in [0.15, 0.2) is 28.7 Å². The van der Waals surface area contributed by atoms with Gasteiger partial charge in [0.15, 0.2) is 0 Å². The number of benzene rings is 1. The summed E-state index contributed by atoms with van der Waals surface area (Å²) in [4.78, 5) is 0. The van der Waals surface area contributed by atoms with Gasteiger partial charge in [0.1, 0.15) is 0 Å². The Morgan fingerprint density at radius 3 is 2.80 bits per heavy atom. The third-order valence-corrected chi connectivity index (χ3v) is 5.37. The highest BCUT2D eigenvalue weighted by atomic mass is 79.9. The van der Waals surface area contributed by atoms with Gasteiger partial charge >= 0.3 is 0 Å². The van der Waals surface area contributed by atoms with Crippen LogP contribution in [0.4, 0.5) is 0 Å². The summed E-state index contributed by atoms with van der Waals surface area (Å²) >= 11 is 3.70. The van der Waals surface area contributed by atoms with Crippen LogP contribution in [-0.2, 0) is 6.42 Å². The second-order valence-corrected chi connectivity index (χ2v) is 7.24. The van der Waals surface area contributed by atoms with Gasteiger partial charge in [-0.3, -0.25) is 0 Å². The van der Waals surface area contributed by atoms with Crippen molar-refractivity contribution in [2.24, 2.45) is 11.8 Å². The molecule has 1 saturated carbocycles. The molecule has 1 aromatic rings. The number of nitrogens with one attached hydrogen (secondary N) is 1. The van der Waals surface area contributed by atoms with Gasteiger partial charge in [-0.1, -0.05) is 60.8 Å². The first-order valence-electron chi connectivity index (χ1n) is 8.17. The Hall–Kier alpha value is -0.340. The van der Waals surface area contributed by atoms with E-state index in [1.807, 2.05) is 0 Å². The maximum atomic E-state index is 3.81. The molecule has 1 aliphatic carbocycles. The van der Waals surface area contributed by atoms with Crippen LogP contribution < -0.4 is 5.32 Å². The average Bonchev–Trinajstić information content (AvgIpc) is 2.45. The fourth-order valence-corrected chi connectivity index (χ4v) is 3.93. The van der Waals surface area contributed by atoms with Crippen molar-refractivity contribution < 1.29 is 0 Å². The van der Waals surface area contributed by atoms with E-state index in [2.05, 4.69) is 59.4 Å². The van der Waals surface area contributed by atoms with Gasteiger partial charge in [0.05, 0.1) is 0 Å². The maximum absolute atomic E-state index is 3.81.